The second-order valence-electron chi connectivity index (χ2n) is 12.9. The number of hydrogen-bond acceptors (Lipinski definition) is 0. The Morgan fingerprint density at radius 1 is 0.804 bits per heavy atom. The Bertz CT molecular complexity index is 2160. The summed E-state index contributed by atoms with van der Waals surface area (Å²) in [4.78, 5) is 0. The number of aromatic nitrogens is 1. The summed E-state index contributed by atoms with van der Waals surface area (Å²) >= 11 is 0. The van der Waals surface area contributed by atoms with Crippen molar-refractivity contribution in [1.29, 1.82) is 0 Å². The highest BCUT2D eigenvalue weighted by atomic mass is 15.0. The van der Waals surface area contributed by atoms with E-state index in [4.69, 9.17) is 0 Å². The van der Waals surface area contributed by atoms with Gasteiger partial charge in [-0.15, -0.1) is 0 Å². The van der Waals surface area contributed by atoms with E-state index >= 15 is 0 Å². The molecule has 0 amide bonds. The fourth-order valence-corrected chi connectivity index (χ4v) is 7.71. The fourth-order valence-electron chi connectivity index (χ4n) is 7.71. The maximum Gasteiger partial charge on any atom is 0.0491 e. The van der Waals surface area contributed by atoms with Crippen LogP contribution in [0.2, 0.25) is 0 Å². The normalized spacial score (nSPS) is 16.5. The summed E-state index contributed by atoms with van der Waals surface area (Å²) < 4.78 is 2.60. The van der Waals surface area contributed by atoms with Gasteiger partial charge in [-0.3, -0.25) is 0 Å². The Kier molecular flexibility index (Phi) is 8.75. The van der Waals surface area contributed by atoms with E-state index in [1.165, 1.54) is 89.6 Å². The van der Waals surface area contributed by atoms with Crippen molar-refractivity contribution in [3.63, 3.8) is 0 Å². The molecule has 0 radical (unpaired) electrons. The van der Waals surface area contributed by atoms with Crippen molar-refractivity contribution in [2.75, 3.05) is 0 Å². The number of aryl methyl sites for hydroxylation is 2. The van der Waals surface area contributed by atoms with Gasteiger partial charge in [0.2, 0.25) is 0 Å². The number of nitrogens with zero attached hydrogens (tertiary/aromatic N) is 1. The van der Waals surface area contributed by atoms with Crippen LogP contribution in [-0.4, -0.2) is 4.57 Å². The van der Waals surface area contributed by atoms with Crippen LogP contribution in [0.15, 0.2) is 120 Å². The lowest BCUT2D eigenvalue weighted by molar-refractivity contribution is 0.611. The first-order chi connectivity index (χ1) is 22.7. The second kappa shape index (κ2) is 13.4. The highest BCUT2D eigenvalue weighted by Crippen LogP contribution is 2.40. The van der Waals surface area contributed by atoms with Crippen molar-refractivity contribution < 1.29 is 0 Å². The topological polar surface area (TPSA) is 4.93 Å². The first kappa shape index (κ1) is 30.1. The Morgan fingerprint density at radius 3 is 2.46 bits per heavy atom. The molecular weight excluding hydrogens is 555 g/mol. The quantitative estimate of drug-likeness (QED) is 0.149. The smallest absolute Gasteiger partial charge is 0.0491 e. The summed E-state index contributed by atoms with van der Waals surface area (Å²) in [5, 5.41) is 8.33. The van der Waals surface area contributed by atoms with Crippen molar-refractivity contribution in [3.05, 3.63) is 153 Å². The molecule has 0 N–H and O–H groups in total. The molecular formula is C45H45N. The maximum absolute atomic E-state index is 2.60. The molecule has 46 heavy (non-hydrogen) atoms. The van der Waals surface area contributed by atoms with Crippen molar-refractivity contribution in [3.8, 4) is 0 Å². The molecule has 5 aromatic rings. The van der Waals surface area contributed by atoms with Gasteiger partial charge in [0.1, 0.15) is 0 Å². The van der Waals surface area contributed by atoms with Gasteiger partial charge in [-0.25, -0.2) is 0 Å². The average molecular weight is 600 g/mol. The monoisotopic (exact) mass is 599 g/mol. The highest BCUT2D eigenvalue weighted by molar-refractivity contribution is 5.98. The van der Waals surface area contributed by atoms with Crippen LogP contribution in [0.5, 0.6) is 0 Å². The summed E-state index contributed by atoms with van der Waals surface area (Å²) in [5.41, 5.74) is 11.0. The largest absolute Gasteiger partial charge is 0.341 e. The number of unbranched alkanes of at least 4 members (excludes halogenated alkanes) is 1. The molecule has 0 bridgehead atoms. The SMILES string of the molecule is CC/C=C(\C=C\C1=C(c2ccccc2)C(=C/C=c2\c3cccc4c3c(n2CCCC)=CCC4)/CC1)c1cccc2cccc(C)c12. The van der Waals surface area contributed by atoms with Gasteiger partial charge in [0.25, 0.3) is 0 Å². The van der Waals surface area contributed by atoms with Crippen molar-refractivity contribution in [2.45, 2.75) is 72.3 Å². The van der Waals surface area contributed by atoms with E-state index in [1.54, 1.807) is 0 Å². The maximum atomic E-state index is 2.60. The Labute approximate surface area is 274 Å². The van der Waals surface area contributed by atoms with Crippen LogP contribution in [0, 0.1) is 6.92 Å². The van der Waals surface area contributed by atoms with E-state index in [1.807, 2.05) is 0 Å². The average Bonchev–Trinajstić information content (AvgIpc) is 3.64. The van der Waals surface area contributed by atoms with Crippen molar-refractivity contribution in [2.24, 2.45) is 0 Å². The molecule has 0 unspecified atom stereocenters. The third-order valence-corrected chi connectivity index (χ3v) is 9.87. The van der Waals surface area contributed by atoms with Crippen molar-refractivity contribution >= 4 is 44.8 Å². The van der Waals surface area contributed by atoms with Crippen LogP contribution < -0.4 is 10.7 Å². The van der Waals surface area contributed by atoms with Gasteiger partial charge in [0.15, 0.2) is 0 Å². The van der Waals surface area contributed by atoms with E-state index in [-0.39, 0.29) is 0 Å². The molecule has 1 aromatic heterocycles. The van der Waals surface area contributed by atoms with Gasteiger partial charge in [-0.1, -0.05) is 136 Å². The molecule has 0 spiro atoms. The van der Waals surface area contributed by atoms with Crippen LogP contribution in [0.1, 0.15) is 74.6 Å². The van der Waals surface area contributed by atoms with Crippen LogP contribution in [0.3, 0.4) is 0 Å². The molecule has 2 aliphatic rings. The van der Waals surface area contributed by atoms with Crippen molar-refractivity contribution in [1.82, 2.24) is 4.57 Å². The first-order valence-corrected chi connectivity index (χ1v) is 17.3. The van der Waals surface area contributed by atoms with E-state index in [2.05, 4.69) is 147 Å². The molecule has 4 aromatic carbocycles. The zero-order chi connectivity index (χ0) is 31.5. The zero-order valence-corrected chi connectivity index (χ0v) is 27.7. The lowest BCUT2D eigenvalue weighted by Gasteiger charge is -2.11. The van der Waals surface area contributed by atoms with Crippen LogP contribution in [0.25, 0.3) is 44.8 Å². The zero-order valence-electron chi connectivity index (χ0n) is 27.7. The molecule has 0 aliphatic heterocycles. The molecule has 7 rings (SSSR count). The number of benzene rings is 4. The molecule has 0 saturated heterocycles. The molecule has 1 nitrogen and oxygen atoms in total. The Hall–Kier alpha value is -4.62. The molecule has 0 fully saturated rings. The lowest BCUT2D eigenvalue weighted by atomic mass is 9.93. The summed E-state index contributed by atoms with van der Waals surface area (Å²) in [6.45, 7) is 7.83. The van der Waals surface area contributed by atoms with E-state index in [9.17, 15) is 0 Å². The molecule has 0 saturated carbocycles. The number of hydrogen-bond donors (Lipinski definition) is 0. The van der Waals surface area contributed by atoms with Crippen LogP contribution in [-0.2, 0) is 13.0 Å². The Morgan fingerprint density at radius 2 is 1.63 bits per heavy atom. The highest BCUT2D eigenvalue weighted by Gasteiger charge is 2.20. The summed E-state index contributed by atoms with van der Waals surface area (Å²) in [5.74, 6) is 0. The fraction of sp³-hybridized carbons (Fsp3) is 0.244. The van der Waals surface area contributed by atoms with Gasteiger partial charge in [0, 0.05) is 28.0 Å². The molecule has 2 aliphatic carbocycles. The number of fused-ring (bicyclic) bond motifs is 1. The van der Waals surface area contributed by atoms with Gasteiger partial charge < -0.3 is 4.57 Å². The third-order valence-electron chi connectivity index (χ3n) is 9.87. The molecule has 1 heterocycles. The van der Waals surface area contributed by atoms with Gasteiger partial charge >= 0.3 is 0 Å². The Balaban J connectivity index is 1.36. The van der Waals surface area contributed by atoms with E-state index < -0.39 is 0 Å². The van der Waals surface area contributed by atoms with Gasteiger partial charge in [-0.05, 0) is 107 Å². The summed E-state index contributed by atoms with van der Waals surface area (Å²) in [7, 11) is 0. The summed E-state index contributed by atoms with van der Waals surface area (Å²) in [6.07, 6.45) is 22.3. The number of allylic oxidation sites excluding steroid dienone is 8. The lowest BCUT2D eigenvalue weighted by Crippen LogP contribution is -2.27. The van der Waals surface area contributed by atoms with Crippen LogP contribution >= 0.6 is 0 Å². The van der Waals surface area contributed by atoms with E-state index in [0.717, 1.165) is 38.6 Å². The first-order valence-electron chi connectivity index (χ1n) is 17.3. The molecule has 0 atom stereocenters. The predicted molar refractivity (Wildman–Crippen MR) is 200 cm³/mol. The van der Waals surface area contributed by atoms with Gasteiger partial charge in [0.05, 0.1) is 0 Å². The minimum atomic E-state index is 0.999. The second-order valence-corrected chi connectivity index (χ2v) is 12.9. The van der Waals surface area contributed by atoms with E-state index in [0.29, 0.717) is 0 Å². The minimum absolute atomic E-state index is 0.999. The van der Waals surface area contributed by atoms with Gasteiger partial charge in [-0.2, -0.15) is 0 Å². The minimum Gasteiger partial charge on any atom is -0.341 e. The molecule has 230 valence electrons. The standard InChI is InChI=1S/C45H45N/c1-4-6-31-46-41(40-23-12-20-36-21-13-24-42(46)45(36)40)30-29-38-28-27-37(44(38)35-16-8-7-9-17-35)26-25-33(14-5-2)39-22-11-19-34-18-10-15-32(3)43(34)39/h7-12,14-20,22-26,29-30H,4-6,13,21,27-28,31H2,1-3H3/b26-25+,33-14+,38-29+,41-30+. The third kappa shape index (κ3) is 5.64. The number of rotatable bonds is 9. The van der Waals surface area contributed by atoms with Crippen LogP contribution in [0.4, 0.5) is 0 Å². The predicted octanol–water partition coefficient (Wildman–Crippen LogP) is 10.6. The summed E-state index contributed by atoms with van der Waals surface area (Å²) in [6, 6.07) is 31.3. The molecule has 1 heteroatoms.